The normalized spacial score (nSPS) is 14.4. The molecule has 0 unspecified atom stereocenters. The van der Waals surface area contributed by atoms with Gasteiger partial charge in [-0.05, 0) is 22.0 Å². The van der Waals surface area contributed by atoms with Crippen molar-refractivity contribution in [2.75, 3.05) is 0 Å². The fourth-order valence-corrected chi connectivity index (χ4v) is 9.26. The number of hydrogen-bond acceptors (Lipinski definition) is 0. The van der Waals surface area contributed by atoms with E-state index in [2.05, 4.69) is 116 Å². The second kappa shape index (κ2) is 7.31. The molecular weight excluding hydrogens is 328 g/mol. The molecular formula is C25H23Si. The number of allylic oxidation sites excluding steroid dienone is 4. The SMILES string of the molecule is CCC1=CC=C[C]1[Si](c1ccccc1)(c1ccccc1)c1ccccc1. The van der Waals surface area contributed by atoms with Crippen molar-refractivity contribution in [1.29, 1.82) is 0 Å². The Balaban J connectivity index is 2.08. The lowest BCUT2D eigenvalue weighted by Crippen LogP contribution is -2.70. The maximum Gasteiger partial charge on any atom is 0.163 e. The lowest BCUT2D eigenvalue weighted by molar-refractivity contribution is 1.11. The van der Waals surface area contributed by atoms with E-state index in [9.17, 15) is 0 Å². The third-order valence-electron chi connectivity index (χ3n) is 5.31. The highest BCUT2D eigenvalue weighted by atomic mass is 28.3. The third-order valence-corrected chi connectivity index (χ3v) is 10.2. The molecule has 26 heavy (non-hydrogen) atoms. The lowest BCUT2D eigenvalue weighted by Gasteiger charge is -2.39. The van der Waals surface area contributed by atoms with Crippen LogP contribution in [0, 0.1) is 5.54 Å². The summed E-state index contributed by atoms with van der Waals surface area (Å²) in [6.45, 7) is 2.26. The first kappa shape index (κ1) is 16.8. The molecule has 1 radical (unpaired) electrons. The molecule has 1 aliphatic carbocycles. The van der Waals surface area contributed by atoms with Crippen LogP contribution in [-0.4, -0.2) is 8.07 Å². The Labute approximate surface area is 157 Å². The van der Waals surface area contributed by atoms with Crippen LogP contribution < -0.4 is 15.6 Å². The zero-order valence-corrected chi connectivity index (χ0v) is 16.1. The second-order valence-electron chi connectivity index (χ2n) is 6.67. The first-order chi connectivity index (χ1) is 12.9. The molecule has 0 saturated heterocycles. The van der Waals surface area contributed by atoms with Crippen LogP contribution in [-0.2, 0) is 0 Å². The van der Waals surface area contributed by atoms with Gasteiger partial charge in [-0.3, -0.25) is 0 Å². The van der Waals surface area contributed by atoms with E-state index in [4.69, 9.17) is 0 Å². The van der Waals surface area contributed by atoms with Crippen molar-refractivity contribution in [1.82, 2.24) is 0 Å². The molecule has 1 aliphatic rings. The van der Waals surface area contributed by atoms with Gasteiger partial charge < -0.3 is 0 Å². The van der Waals surface area contributed by atoms with Crippen LogP contribution >= 0.6 is 0 Å². The quantitative estimate of drug-likeness (QED) is 0.478. The summed E-state index contributed by atoms with van der Waals surface area (Å²) in [5.74, 6) is 0. The predicted molar refractivity (Wildman–Crippen MR) is 115 cm³/mol. The van der Waals surface area contributed by atoms with Crippen LogP contribution in [0.4, 0.5) is 0 Å². The fourth-order valence-electron chi connectivity index (χ4n) is 4.16. The average Bonchev–Trinajstić information content (AvgIpc) is 3.20. The second-order valence-corrected chi connectivity index (χ2v) is 10.4. The summed E-state index contributed by atoms with van der Waals surface area (Å²) in [4.78, 5) is 0. The van der Waals surface area contributed by atoms with E-state index in [0.717, 1.165) is 6.42 Å². The predicted octanol–water partition coefficient (Wildman–Crippen LogP) is 4.18. The molecule has 0 saturated carbocycles. The Morgan fingerprint density at radius 1 is 0.615 bits per heavy atom. The first-order valence-electron chi connectivity index (χ1n) is 9.29. The fraction of sp³-hybridized carbons (Fsp3) is 0.0800. The van der Waals surface area contributed by atoms with Gasteiger partial charge >= 0.3 is 0 Å². The van der Waals surface area contributed by atoms with Crippen molar-refractivity contribution in [3.8, 4) is 0 Å². The molecule has 3 aromatic carbocycles. The highest BCUT2D eigenvalue weighted by Gasteiger charge is 2.47. The Morgan fingerprint density at radius 2 is 1.04 bits per heavy atom. The molecule has 0 aliphatic heterocycles. The van der Waals surface area contributed by atoms with Gasteiger partial charge in [0, 0.05) is 5.54 Å². The Bertz CT molecular complexity index is 811. The summed E-state index contributed by atoms with van der Waals surface area (Å²) in [6, 6.07) is 33.3. The van der Waals surface area contributed by atoms with E-state index in [1.165, 1.54) is 26.7 Å². The molecule has 0 spiro atoms. The molecule has 3 aromatic rings. The topological polar surface area (TPSA) is 0 Å². The molecule has 0 bridgehead atoms. The first-order valence-corrected chi connectivity index (χ1v) is 11.3. The van der Waals surface area contributed by atoms with Crippen LogP contribution in [0.25, 0.3) is 0 Å². The highest BCUT2D eigenvalue weighted by Crippen LogP contribution is 2.33. The van der Waals surface area contributed by atoms with E-state index in [1.54, 1.807) is 0 Å². The maximum atomic E-state index is 2.36. The number of benzene rings is 3. The Hall–Kier alpha value is -2.64. The molecule has 0 aromatic heterocycles. The van der Waals surface area contributed by atoms with E-state index >= 15 is 0 Å². The smallest absolute Gasteiger partial charge is 0.0750 e. The van der Waals surface area contributed by atoms with E-state index in [0.29, 0.717) is 0 Å². The van der Waals surface area contributed by atoms with E-state index in [1.807, 2.05) is 0 Å². The van der Waals surface area contributed by atoms with Gasteiger partial charge in [-0.25, -0.2) is 0 Å². The minimum Gasteiger partial charge on any atom is -0.0750 e. The summed E-state index contributed by atoms with van der Waals surface area (Å²) in [7, 11) is -2.31. The number of hydrogen-bond donors (Lipinski definition) is 0. The van der Waals surface area contributed by atoms with E-state index in [-0.39, 0.29) is 0 Å². The minimum absolute atomic E-state index is 1.06. The van der Waals surface area contributed by atoms with Crippen molar-refractivity contribution >= 4 is 23.6 Å². The van der Waals surface area contributed by atoms with E-state index < -0.39 is 8.07 Å². The molecule has 4 rings (SSSR count). The zero-order chi connectivity index (χ0) is 17.8. The van der Waals surface area contributed by atoms with Crippen molar-refractivity contribution in [3.63, 3.8) is 0 Å². The van der Waals surface area contributed by atoms with Gasteiger partial charge in [0.25, 0.3) is 0 Å². The molecule has 1 heteroatoms. The molecule has 0 fully saturated rings. The summed E-state index contributed by atoms with van der Waals surface area (Å²) in [5.41, 5.74) is 2.98. The van der Waals surface area contributed by atoms with Gasteiger partial charge in [0.2, 0.25) is 0 Å². The Morgan fingerprint density at radius 3 is 1.42 bits per heavy atom. The van der Waals surface area contributed by atoms with Crippen molar-refractivity contribution in [2.24, 2.45) is 0 Å². The van der Waals surface area contributed by atoms with Crippen molar-refractivity contribution in [3.05, 3.63) is 120 Å². The van der Waals surface area contributed by atoms with Crippen LogP contribution in [0.1, 0.15) is 13.3 Å². The highest BCUT2D eigenvalue weighted by molar-refractivity contribution is 7.15. The molecule has 127 valence electrons. The third kappa shape index (κ3) is 2.69. The molecule has 0 atom stereocenters. The van der Waals surface area contributed by atoms with Gasteiger partial charge in [0.05, 0.1) is 0 Å². The number of rotatable bonds is 5. The summed E-state index contributed by atoms with van der Waals surface area (Å²) in [6.07, 6.45) is 7.94. The van der Waals surface area contributed by atoms with Gasteiger partial charge in [-0.1, -0.05) is 122 Å². The molecule has 0 amide bonds. The van der Waals surface area contributed by atoms with Gasteiger partial charge in [-0.15, -0.1) is 0 Å². The maximum absolute atomic E-state index is 2.36. The summed E-state index contributed by atoms with van der Waals surface area (Å²) >= 11 is 0. The summed E-state index contributed by atoms with van der Waals surface area (Å²) < 4.78 is 0. The van der Waals surface area contributed by atoms with Crippen LogP contribution in [0.2, 0.25) is 0 Å². The summed E-state index contributed by atoms with van der Waals surface area (Å²) in [5, 5.41) is 4.33. The van der Waals surface area contributed by atoms with Crippen molar-refractivity contribution < 1.29 is 0 Å². The molecule has 0 N–H and O–H groups in total. The molecule has 0 nitrogen and oxygen atoms in total. The average molecular weight is 352 g/mol. The Kier molecular flexibility index (Phi) is 4.72. The van der Waals surface area contributed by atoms with Crippen molar-refractivity contribution in [2.45, 2.75) is 13.3 Å². The largest absolute Gasteiger partial charge is 0.163 e. The zero-order valence-electron chi connectivity index (χ0n) is 15.1. The minimum atomic E-state index is -2.31. The van der Waals surface area contributed by atoms with Crippen LogP contribution in [0.5, 0.6) is 0 Å². The van der Waals surface area contributed by atoms with Gasteiger partial charge in [0.1, 0.15) is 0 Å². The monoisotopic (exact) mass is 351 g/mol. The van der Waals surface area contributed by atoms with Crippen LogP contribution in [0.3, 0.4) is 0 Å². The van der Waals surface area contributed by atoms with Crippen LogP contribution in [0.15, 0.2) is 115 Å². The molecule has 0 heterocycles. The standard InChI is InChI=1S/C25H23Si/c1-2-21-13-12-20-25(21)26(22-14-6-3-7-15-22,23-16-8-4-9-17-23)24-18-10-5-11-19-24/h3-20H,2H2,1H3. The van der Waals surface area contributed by atoms with Gasteiger partial charge in [0.15, 0.2) is 8.07 Å². The van der Waals surface area contributed by atoms with Gasteiger partial charge in [-0.2, -0.15) is 0 Å². The lowest BCUT2D eigenvalue weighted by atomic mass is 10.2.